The number of fused-ring (bicyclic) bond motifs is 1. The maximum Gasteiger partial charge on any atom is 0.296 e. The van der Waals surface area contributed by atoms with Gasteiger partial charge in [0.1, 0.15) is 27.7 Å². The minimum absolute atomic E-state index is 0.0189. The lowest BCUT2D eigenvalue weighted by atomic mass is 10.2. The van der Waals surface area contributed by atoms with Crippen LogP contribution in [0.3, 0.4) is 0 Å². The Bertz CT molecular complexity index is 1220. The Kier molecular flexibility index (Phi) is 4.59. The van der Waals surface area contributed by atoms with Crippen LogP contribution in [-0.2, 0) is 20.2 Å². The fourth-order valence-electron chi connectivity index (χ4n) is 2.49. The Hall–Kier alpha value is -2.67. The lowest BCUT2D eigenvalue weighted by Crippen LogP contribution is -2.04. The molecule has 0 atom stereocenters. The molecule has 3 rings (SSSR count). The fourth-order valence-corrected chi connectivity index (χ4v) is 3.77. The van der Waals surface area contributed by atoms with E-state index in [1.54, 1.807) is 18.2 Å². The minimum Gasteiger partial charge on any atom is -0.497 e. The van der Waals surface area contributed by atoms with Crippen molar-refractivity contribution in [2.24, 2.45) is 0 Å². The number of ether oxygens (including phenoxy) is 2. The Balaban J connectivity index is 2.33. The average molecular weight is 414 g/mol. The molecule has 0 aliphatic rings. The topological polar surface area (TPSA) is 156 Å². The first-order valence-electron chi connectivity index (χ1n) is 7.25. The predicted octanol–water partition coefficient (Wildman–Crippen LogP) is 1.74. The van der Waals surface area contributed by atoms with Gasteiger partial charge in [0, 0.05) is 11.6 Å². The summed E-state index contributed by atoms with van der Waals surface area (Å²) in [6.07, 6.45) is 0. The second-order valence-electron chi connectivity index (χ2n) is 5.45. The van der Waals surface area contributed by atoms with E-state index in [1.807, 2.05) is 0 Å². The van der Waals surface area contributed by atoms with E-state index in [1.165, 1.54) is 14.2 Å². The van der Waals surface area contributed by atoms with Crippen LogP contribution in [0.4, 0.5) is 0 Å². The maximum absolute atomic E-state index is 11.7. The van der Waals surface area contributed by atoms with Gasteiger partial charge in [-0.1, -0.05) is 0 Å². The molecule has 3 aromatic rings. The van der Waals surface area contributed by atoms with Crippen LogP contribution in [0.1, 0.15) is 0 Å². The second-order valence-corrected chi connectivity index (χ2v) is 8.27. The quantitative estimate of drug-likeness (QED) is 0.529. The van der Waals surface area contributed by atoms with Crippen molar-refractivity contribution in [1.82, 2.24) is 9.97 Å². The Morgan fingerprint density at radius 1 is 0.889 bits per heavy atom. The second kappa shape index (κ2) is 6.49. The molecular formula is C15H14N2O8S2. The first-order chi connectivity index (χ1) is 12.5. The molecule has 2 aromatic carbocycles. The van der Waals surface area contributed by atoms with Gasteiger partial charge >= 0.3 is 0 Å². The number of hydrogen-bond acceptors (Lipinski definition) is 7. The van der Waals surface area contributed by atoms with Crippen LogP contribution < -0.4 is 9.47 Å². The van der Waals surface area contributed by atoms with E-state index in [4.69, 9.17) is 9.47 Å². The predicted molar refractivity (Wildman–Crippen MR) is 94.3 cm³/mol. The molecule has 144 valence electrons. The fraction of sp³-hybridized carbons (Fsp3) is 0.133. The number of nitrogens with one attached hydrogen (secondary N) is 1. The smallest absolute Gasteiger partial charge is 0.296 e. The van der Waals surface area contributed by atoms with E-state index in [0.29, 0.717) is 23.1 Å². The van der Waals surface area contributed by atoms with Crippen LogP contribution in [0.15, 0.2) is 40.1 Å². The standard InChI is InChI=1S/C15H14N2O8S2/c1-24-9-3-8(4-10(5-9)25-2)15-16-12-6-11(26(18,19)20)7-13(14(12)17-15)27(21,22)23/h3-7H,1-2H3,(H,16,17)(H,18,19,20)(H,21,22,23). The number of H-pyrrole nitrogens is 1. The third-order valence-electron chi connectivity index (χ3n) is 3.73. The number of hydrogen-bond donors (Lipinski definition) is 3. The van der Waals surface area contributed by atoms with Crippen molar-refractivity contribution in [2.45, 2.75) is 9.79 Å². The average Bonchev–Trinajstić information content (AvgIpc) is 3.02. The van der Waals surface area contributed by atoms with Crippen LogP contribution >= 0.6 is 0 Å². The molecule has 27 heavy (non-hydrogen) atoms. The van der Waals surface area contributed by atoms with Gasteiger partial charge in [0.05, 0.1) is 24.6 Å². The maximum atomic E-state index is 11.7. The van der Waals surface area contributed by atoms with E-state index >= 15 is 0 Å². The molecule has 0 bridgehead atoms. The van der Waals surface area contributed by atoms with E-state index < -0.39 is 30.0 Å². The van der Waals surface area contributed by atoms with Crippen LogP contribution in [0.5, 0.6) is 11.5 Å². The molecule has 0 amide bonds. The summed E-state index contributed by atoms with van der Waals surface area (Å²) >= 11 is 0. The molecule has 0 unspecified atom stereocenters. The summed E-state index contributed by atoms with van der Waals surface area (Å²) in [6, 6.07) is 6.44. The molecule has 0 saturated heterocycles. The Morgan fingerprint density at radius 2 is 1.48 bits per heavy atom. The number of imidazole rings is 1. The van der Waals surface area contributed by atoms with Gasteiger partial charge in [-0.25, -0.2) is 4.98 Å². The highest BCUT2D eigenvalue weighted by Crippen LogP contribution is 2.32. The normalized spacial score (nSPS) is 12.3. The molecule has 3 N–H and O–H groups in total. The lowest BCUT2D eigenvalue weighted by Gasteiger charge is -2.06. The summed E-state index contributed by atoms with van der Waals surface area (Å²) in [5.41, 5.74) is 0.244. The highest BCUT2D eigenvalue weighted by molar-refractivity contribution is 7.86. The third-order valence-corrected chi connectivity index (χ3v) is 5.42. The van der Waals surface area contributed by atoms with Gasteiger partial charge in [-0.05, 0) is 24.3 Å². The summed E-state index contributed by atoms with van der Waals surface area (Å²) in [5.74, 6) is 1.05. The zero-order chi connectivity index (χ0) is 20.0. The minimum atomic E-state index is -4.81. The van der Waals surface area contributed by atoms with Crippen molar-refractivity contribution in [1.29, 1.82) is 0 Å². The molecule has 1 heterocycles. The molecule has 12 heteroatoms. The molecule has 0 radical (unpaired) electrons. The van der Waals surface area contributed by atoms with Gasteiger partial charge < -0.3 is 14.5 Å². The summed E-state index contributed by atoms with van der Waals surface area (Å²) < 4.78 is 75.1. The SMILES string of the molecule is COc1cc(OC)cc(-c2nc3c(S(=O)(=O)O)cc(S(=O)(=O)O)cc3[nH]2)c1. The van der Waals surface area contributed by atoms with Gasteiger partial charge in [-0.2, -0.15) is 16.8 Å². The van der Waals surface area contributed by atoms with Crippen LogP contribution in [0, 0.1) is 0 Å². The van der Waals surface area contributed by atoms with E-state index in [9.17, 15) is 25.9 Å². The molecule has 0 fully saturated rings. The Labute approximate surface area is 154 Å². The largest absolute Gasteiger partial charge is 0.497 e. The molecule has 0 spiro atoms. The highest BCUT2D eigenvalue weighted by atomic mass is 32.2. The molecule has 0 aliphatic heterocycles. The molecule has 1 aromatic heterocycles. The van der Waals surface area contributed by atoms with Gasteiger partial charge in [-0.3, -0.25) is 9.11 Å². The summed E-state index contributed by atoms with van der Waals surface area (Å²) in [5, 5.41) is 0. The molecule has 10 nitrogen and oxygen atoms in total. The number of benzene rings is 2. The first kappa shape index (κ1) is 19.1. The van der Waals surface area contributed by atoms with E-state index in [0.717, 1.165) is 6.07 Å². The van der Waals surface area contributed by atoms with Crippen molar-refractivity contribution in [2.75, 3.05) is 14.2 Å². The third kappa shape index (κ3) is 3.73. The van der Waals surface area contributed by atoms with Crippen LogP contribution in [0.25, 0.3) is 22.4 Å². The van der Waals surface area contributed by atoms with Crippen molar-refractivity contribution in [3.05, 3.63) is 30.3 Å². The van der Waals surface area contributed by atoms with Gasteiger partial charge in [0.15, 0.2) is 0 Å². The number of nitrogens with zero attached hydrogens (tertiary/aromatic N) is 1. The number of rotatable bonds is 5. The summed E-state index contributed by atoms with van der Waals surface area (Å²) in [4.78, 5) is 5.44. The lowest BCUT2D eigenvalue weighted by molar-refractivity contribution is 0.394. The van der Waals surface area contributed by atoms with Crippen molar-refractivity contribution >= 4 is 31.3 Å². The van der Waals surface area contributed by atoms with E-state index in [-0.39, 0.29) is 16.9 Å². The number of methoxy groups -OCH3 is 2. The highest BCUT2D eigenvalue weighted by Gasteiger charge is 2.23. The van der Waals surface area contributed by atoms with Gasteiger partial charge in [0.2, 0.25) is 0 Å². The van der Waals surface area contributed by atoms with Crippen molar-refractivity contribution in [3.8, 4) is 22.9 Å². The number of aromatic amines is 1. The summed E-state index contributed by atoms with van der Waals surface area (Å²) in [6.45, 7) is 0. The van der Waals surface area contributed by atoms with E-state index in [2.05, 4.69) is 9.97 Å². The van der Waals surface area contributed by atoms with Gasteiger partial charge in [-0.15, -0.1) is 0 Å². The van der Waals surface area contributed by atoms with Crippen molar-refractivity contribution in [3.63, 3.8) is 0 Å². The molecular weight excluding hydrogens is 400 g/mol. The first-order valence-corrected chi connectivity index (χ1v) is 10.1. The van der Waals surface area contributed by atoms with Gasteiger partial charge in [0.25, 0.3) is 20.2 Å². The molecule has 0 aliphatic carbocycles. The van der Waals surface area contributed by atoms with Crippen LogP contribution in [-0.4, -0.2) is 50.1 Å². The number of aromatic nitrogens is 2. The zero-order valence-corrected chi connectivity index (χ0v) is 15.6. The van der Waals surface area contributed by atoms with Crippen molar-refractivity contribution < 1.29 is 35.4 Å². The van der Waals surface area contributed by atoms with Crippen LogP contribution in [0.2, 0.25) is 0 Å². The molecule has 0 saturated carbocycles. The summed E-state index contributed by atoms with van der Waals surface area (Å²) in [7, 11) is -6.63. The monoisotopic (exact) mass is 414 g/mol. The Morgan fingerprint density at radius 3 is 1.96 bits per heavy atom. The zero-order valence-electron chi connectivity index (χ0n) is 14.0.